The van der Waals surface area contributed by atoms with E-state index in [1.807, 2.05) is 32.0 Å². The number of ether oxygens (including phenoxy) is 1. The number of thiazole rings is 1. The zero-order chi connectivity index (χ0) is 15.5. The fourth-order valence-electron chi connectivity index (χ4n) is 2.37. The molecule has 1 N–H and O–H groups in total. The van der Waals surface area contributed by atoms with Crippen LogP contribution in [0.1, 0.15) is 48.3 Å². The van der Waals surface area contributed by atoms with Gasteiger partial charge in [-0.1, -0.05) is 31.5 Å². The molecule has 114 valence electrons. The zero-order valence-electron chi connectivity index (χ0n) is 13.1. The Kier molecular flexibility index (Phi) is 5.01. The first kappa shape index (κ1) is 16.0. The average Bonchev–Trinajstić information content (AvgIpc) is 2.83. The summed E-state index contributed by atoms with van der Waals surface area (Å²) in [5.41, 5.74) is 1.32. The quantitative estimate of drug-likeness (QED) is 0.879. The van der Waals surface area contributed by atoms with Gasteiger partial charge in [0.05, 0.1) is 28.3 Å². The Hall–Kier alpha value is -1.39. The first-order chi connectivity index (χ1) is 9.95. The van der Waals surface area contributed by atoms with Crippen molar-refractivity contribution in [1.29, 1.82) is 0 Å². The lowest BCUT2D eigenvalue weighted by atomic mass is 10.0. The van der Waals surface area contributed by atoms with Crippen LogP contribution in [-0.2, 0) is 18.4 Å². The van der Waals surface area contributed by atoms with Crippen LogP contribution in [0, 0.1) is 0 Å². The van der Waals surface area contributed by atoms with Gasteiger partial charge in [-0.3, -0.25) is 0 Å². The average molecular weight is 305 g/mol. The van der Waals surface area contributed by atoms with Gasteiger partial charge in [0.25, 0.3) is 0 Å². The molecule has 0 aliphatic rings. The molecule has 3 nitrogen and oxygen atoms in total. The number of methoxy groups -OCH3 is 1. The summed E-state index contributed by atoms with van der Waals surface area (Å²) < 4.78 is 5.40. The van der Waals surface area contributed by atoms with E-state index in [-0.39, 0.29) is 0 Å². The van der Waals surface area contributed by atoms with Crippen LogP contribution in [0.4, 0.5) is 0 Å². The molecule has 0 saturated carbocycles. The van der Waals surface area contributed by atoms with Crippen LogP contribution in [-0.4, -0.2) is 17.2 Å². The summed E-state index contributed by atoms with van der Waals surface area (Å²) in [4.78, 5) is 5.72. The zero-order valence-corrected chi connectivity index (χ0v) is 14.0. The summed E-state index contributed by atoms with van der Waals surface area (Å²) in [6.07, 6.45) is 2.67. The highest BCUT2D eigenvalue weighted by molar-refractivity contribution is 7.11. The third-order valence-corrected chi connectivity index (χ3v) is 4.73. The number of benzene rings is 1. The lowest BCUT2D eigenvalue weighted by molar-refractivity contribution is 0.0813. The molecule has 0 aliphatic carbocycles. The van der Waals surface area contributed by atoms with Crippen molar-refractivity contribution in [2.75, 3.05) is 7.11 Å². The van der Waals surface area contributed by atoms with Crippen LogP contribution in [0.5, 0.6) is 5.75 Å². The van der Waals surface area contributed by atoms with Gasteiger partial charge < -0.3 is 9.84 Å². The summed E-state index contributed by atoms with van der Waals surface area (Å²) in [5.74, 6) is 0.884. The van der Waals surface area contributed by atoms with E-state index in [1.165, 1.54) is 0 Å². The Bertz CT molecular complexity index is 599. The predicted molar refractivity (Wildman–Crippen MR) is 87.2 cm³/mol. The molecule has 1 aromatic heterocycles. The minimum absolute atomic E-state index is 0.738. The number of hydrogen-bond donors (Lipinski definition) is 1. The Balaban J connectivity index is 2.32. The lowest BCUT2D eigenvalue weighted by Crippen LogP contribution is -2.15. The summed E-state index contributed by atoms with van der Waals surface area (Å²) in [6.45, 7) is 5.78. The van der Waals surface area contributed by atoms with E-state index in [9.17, 15) is 5.11 Å². The van der Waals surface area contributed by atoms with Gasteiger partial charge in [0.1, 0.15) is 5.75 Å². The molecule has 2 aromatic rings. The van der Waals surface area contributed by atoms with E-state index >= 15 is 0 Å². The maximum absolute atomic E-state index is 10.3. The minimum Gasteiger partial charge on any atom is -0.496 e. The van der Waals surface area contributed by atoms with Crippen molar-refractivity contribution >= 4 is 11.3 Å². The van der Waals surface area contributed by atoms with Crippen molar-refractivity contribution in [2.45, 2.75) is 45.6 Å². The van der Waals surface area contributed by atoms with E-state index in [0.29, 0.717) is 0 Å². The molecule has 0 unspecified atom stereocenters. The van der Waals surface area contributed by atoms with Crippen LogP contribution in [0.2, 0.25) is 0 Å². The molecule has 4 heteroatoms. The van der Waals surface area contributed by atoms with Crippen molar-refractivity contribution in [3.8, 4) is 5.75 Å². The van der Waals surface area contributed by atoms with Gasteiger partial charge in [0, 0.05) is 12.0 Å². The van der Waals surface area contributed by atoms with Gasteiger partial charge in [-0.15, -0.1) is 11.3 Å². The van der Waals surface area contributed by atoms with Gasteiger partial charge in [-0.25, -0.2) is 4.98 Å². The highest BCUT2D eigenvalue weighted by atomic mass is 32.1. The van der Waals surface area contributed by atoms with Crippen molar-refractivity contribution < 1.29 is 9.84 Å². The normalized spacial score (nSPS) is 11.7. The molecule has 2 rings (SSSR count). The van der Waals surface area contributed by atoms with Crippen molar-refractivity contribution in [3.05, 3.63) is 45.4 Å². The van der Waals surface area contributed by atoms with Crippen LogP contribution in [0.25, 0.3) is 0 Å². The van der Waals surface area contributed by atoms with Gasteiger partial charge >= 0.3 is 0 Å². The number of aryl methyl sites for hydroxylation is 1. The molecule has 0 fully saturated rings. The molecule has 0 saturated heterocycles. The van der Waals surface area contributed by atoms with Crippen LogP contribution < -0.4 is 4.74 Å². The lowest BCUT2D eigenvalue weighted by Gasteiger charge is -2.16. The van der Waals surface area contributed by atoms with Gasteiger partial charge in [0.2, 0.25) is 0 Å². The number of para-hydroxylation sites is 1. The molecule has 0 radical (unpaired) electrons. The number of hydrogen-bond acceptors (Lipinski definition) is 4. The molecule has 0 amide bonds. The fourth-order valence-corrected chi connectivity index (χ4v) is 3.51. The van der Waals surface area contributed by atoms with Crippen molar-refractivity contribution in [3.63, 3.8) is 0 Å². The van der Waals surface area contributed by atoms with Crippen molar-refractivity contribution in [2.24, 2.45) is 0 Å². The molecule has 0 spiro atoms. The van der Waals surface area contributed by atoms with Crippen LogP contribution in [0.15, 0.2) is 24.3 Å². The Morgan fingerprint density at radius 1 is 1.29 bits per heavy atom. The summed E-state index contributed by atoms with van der Waals surface area (Å²) in [6, 6.07) is 8.00. The number of aromatic nitrogens is 1. The van der Waals surface area contributed by atoms with Crippen LogP contribution >= 0.6 is 11.3 Å². The maximum atomic E-state index is 10.3. The van der Waals surface area contributed by atoms with E-state index in [1.54, 1.807) is 18.4 Å². The van der Waals surface area contributed by atoms with Crippen LogP contribution in [0.3, 0.4) is 0 Å². The Labute approximate surface area is 130 Å². The summed E-state index contributed by atoms with van der Waals surface area (Å²) >= 11 is 1.60. The smallest absolute Gasteiger partial charge is 0.122 e. The predicted octanol–water partition coefficient (Wildman–Crippen LogP) is 3.92. The van der Waals surface area contributed by atoms with E-state index in [0.717, 1.165) is 46.2 Å². The first-order valence-electron chi connectivity index (χ1n) is 7.29. The summed E-state index contributed by atoms with van der Waals surface area (Å²) in [7, 11) is 1.69. The SMILES string of the molecule is CCCc1nc(Cc2ccccc2OC)sc1C(C)(C)O. The molecule has 1 heterocycles. The molecular formula is C17H23NO2S. The van der Waals surface area contributed by atoms with E-state index in [4.69, 9.17) is 9.72 Å². The molecular weight excluding hydrogens is 282 g/mol. The fraction of sp³-hybridized carbons (Fsp3) is 0.471. The number of nitrogens with zero attached hydrogens (tertiary/aromatic N) is 1. The molecule has 1 aromatic carbocycles. The number of rotatable bonds is 6. The monoisotopic (exact) mass is 305 g/mol. The Morgan fingerprint density at radius 3 is 2.62 bits per heavy atom. The molecule has 0 aliphatic heterocycles. The largest absolute Gasteiger partial charge is 0.496 e. The second-order valence-electron chi connectivity index (χ2n) is 5.68. The van der Waals surface area contributed by atoms with Gasteiger partial charge in [-0.05, 0) is 26.3 Å². The van der Waals surface area contributed by atoms with Gasteiger partial charge in [-0.2, -0.15) is 0 Å². The third kappa shape index (κ3) is 3.83. The topological polar surface area (TPSA) is 42.4 Å². The highest BCUT2D eigenvalue weighted by Gasteiger charge is 2.24. The van der Waals surface area contributed by atoms with E-state index < -0.39 is 5.60 Å². The molecule has 0 atom stereocenters. The minimum atomic E-state index is -0.832. The Morgan fingerprint density at radius 2 is 2.00 bits per heavy atom. The summed E-state index contributed by atoms with van der Waals surface area (Å²) in [5, 5.41) is 11.4. The van der Waals surface area contributed by atoms with Gasteiger partial charge in [0.15, 0.2) is 0 Å². The number of aliphatic hydroxyl groups is 1. The third-order valence-electron chi connectivity index (χ3n) is 3.32. The standard InChI is InChI=1S/C17H23NO2S/c1-5-8-13-16(17(2,3)19)21-15(18-13)11-12-9-6-7-10-14(12)20-4/h6-7,9-10,19H,5,8,11H2,1-4H3. The first-order valence-corrected chi connectivity index (χ1v) is 8.10. The molecule has 0 bridgehead atoms. The second kappa shape index (κ2) is 6.58. The molecule has 21 heavy (non-hydrogen) atoms. The second-order valence-corrected chi connectivity index (χ2v) is 6.76. The maximum Gasteiger partial charge on any atom is 0.122 e. The van der Waals surface area contributed by atoms with Crippen molar-refractivity contribution in [1.82, 2.24) is 4.98 Å². The highest BCUT2D eigenvalue weighted by Crippen LogP contribution is 2.32. The van der Waals surface area contributed by atoms with E-state index in [2.05, 4.69) is 13.0 Å².